The van der Waals surface area contributed by atoms with Gasteiger partial charge in [-0.15, -0.1) is 0 Å². The van der Waals surface area contributed by atoms with Gasteiger partial charge in [-0.25, -0.2) is 8.78 Å². The number of allylic oxidation sites excluding steroid dienone is 4. The molecule has 114 valence electrons. The van der Waals surface area contributed by atoms with Crippen molar-refractivity contribution < 1.29 is 8.78 Å². The van der Waals surface area contributed by atoms with Gasteiger partial charge in [0, 0.05) is 24.6 Å². The standard InChI is InChI=1S/C16H25F2NS/c1-6-7-8-19(15(20)16(4,5)18)14-10-11(2)13(17)9-12(14)3/h10,12H,6-9H2,1-5H3. The summed E-state index contributed by atoms with van der Waals surface area (Å²) in [7, 11) is 0. The Kier molecular flexibility index (Phi) is 5.87. The van der Waals surface area contributed by atoms with Crippen molar-refractivity contribution in [2.45, 2.75) is 59.5 Å². The summed E-state index contributed by atoms with van der Waals surface area (Å²) in [6.07, 6.45) is 4.13. The Hall–Kier alpha value is -0.770. The minimum atomic E-state index is -1.54. The topological polar surface area (TPSA) is 3.24 Å². The maximum absolute atomic E-state index is 14.2. The third-order valence-corrected chi connectivity index (χ3v) is 4.29. The minimum absolute atomic E-state index is 0.0239. The van der Waals surface area contributed by atoms with E-state index in [9.17, 15) is 8.78 Å². The Morgan fingerprint density at radius 2 is 2.10 bits per heavy atom. The van der Waals surface area contributed by atoms with Gasteiger partial charge in [0.05, 0.1) is 0 Å². The number of halogens is 2. The molecule has 0 aliphatic heterocycles. The first-order valence-electron chi connectivity index (χ1n) is 7.26. The zero-order valence-corrected chi connectivity index (χ0v) is 13.9. The van der Waals surface area contributed by atoms with E-state index in [1.54, 1.807) is 6.92 Å². The highest BCUT2D eigenvalue weighted by Crippen LogP contribution is 2.33. The van der Waals surface area contributed by atoms with Crippen molar-refractivity contribution in [1.82, 2.24) is 4.90 Å². The third kappa shape index (κ3) is 4.11. The second-order valence-corrected chi connectivity index (χ2v) is 6.43. The fourth-order valence-corrected chi connectivity index (χ4v) is 2.50. The number of rotatable bonds is 5. The lowest BCUT2D eigenvalue weighted by Crippen LogP contribution is -2.43. The number of nitrogens with zero attached hydrogens (tertiary/aromatic N) is 1. The van der Waals surface area contributed by atoms with Gasteiger partial charge >= 0.3 is 0 Å². The Labute approximate surface area is 126 Å². The van der Waals surface area contributed by atoms with Crippen LogP contribution in [0.15, 0.2) is 23.2 Å². The first-order chi connectivity index (χ1) is 9.18. The minimum Gasteiger partial charge on any atom is -0.337 e. The zero-order valence-electron chi connectivity index (χ0n) is 13.1. The quantitative estimate of drug-likeness (QED) is 0.631. The second kappa shape index (κ2) is 6.79. The summed E-state index contributed by atoms with van der Waals surface area (Å²) in [5.74, 6) is -0.0574. The Balaban J connectivity index is 3.11. The van der Waals surface area contributed by atoms with E-state index in [4.69, 9.17) is 12.2 Å². The maximum atomic E-state index is 14.2. The predicted molar refractivity (Wildman–Crippen MR) is 85.1 cm³/mol. The molecule has 0 N–H and O–H groups in total. The molecule has 0 saturated carbocycles. The van der Waals surface area contributed by atoms with Crippen molar-refractivity contribution in [3.05, 3.63) is 23.2 Å². The highest BCUT2D eigenvalue weighted by Gasteiger charge is 2.32. The molecule has 20 heavy (non-hydrogen) atoms. The van der Waals surface area contributed by atoms with E-state index in [-0.39, 0.29) is 11.7 Å². The Morgan fingerprint density at radius 3 is 2.60 bits per heavy atom. The van der Waals surface area contributed by atoms with Crippen LogP contribution in [0.2, 0.25) is 0 Å². The summed E-state index contributed by atoms with van der Waals surface area (Å²) < 4.78 is 27.9. The Bertz CT molecular complexity index is 432. The first-order valence-corrected chi connectivity index (χ1v) is 7.67. The van der Waals surface area contributed by atoms with Gasteiger partial charge in [0.1, 0.15) is 10.8 Å². The van der Waals surface area contributed by atoms with E-state index in [1.165, 1.54) is 13.8 Å². The van der Waals surface area contributed by atoms with Gasteiger partial charge in [0.15, 0.2) is 5.67 Å². The normalized spacial score (nSPS) is 19.9. The molecule has 0 saturated heterocycles. The summed E-state index contributed by atoms with van der Waals surface area (Å²) in [6, 6.07) is 0. The predicted octanol–water partition coefficient (Wildman–Crippen LogP) is 5.33. The molecule has 1 unspecified atom stereocenters. The van der Waals surface area contributed by atoms with Crippen molar-refractivity contribution in [3.63, 3.8) is 0 Å². The lowest BCUT2D eigenvalue weighted by atomic mass is 9.92. The molecule has 0 fully saturated rings. The van der Waals surface area contributed by atoms with E-state index >= 15 is 0 Å². The van der Waals surface area contributed by atoms with Crippen LogP contribution >= 0.6 is 12.2 Å². The number of hydrogen-bond donors (Lipinski definition) is 0. The molecule has 0 bridgehead atoms. The van der Waals surface area contributed by atoms with Gasteiger partial charge in [-0.05, 0) is 38.8 Å². The average Bonchev–Trinajstić information content (AvgIpc) is 2.34. The van der Waals surface area contributed by atoms with Crippen LogP contribution in [0.4, 0.5) is 8.78 Å². The summed E-state index contributed by atoms with van der Waals surface area (Å²) >= 11 is 5.33. The van der Waals surface area contributed by atoms with Crippen LogP contribution in [0, 0.1) is 5.92 Å². The molecular formula is C16H25F2NS. The molecule has 0 aromatic carbocycles. The van der Waals surface area contributed by atoms with E-state index in [1.807, 2.05) is 17.9 Å². The maximum Gasteiger partial charge on any atom is 0.155 e. The lowest BCUT2D eigenvalue weighted by molar-refractivity contribution is 0.279. The van der Waals surface area contributed by atoms with Gasteiger partial charge in [-0.2, -0.15) is 0 Å². The Morgan fingerprint density at radius 1 is 1.50 bits per heavy atom. The summed E-state index contributed by atoms with van der Waals surface area (Å²) in [5.41, 5.74) is 0.0178. The number of unbranched alkanes of at least 4 members (excludes halogenated alkanes) is 1. The largest absolute Gasteiger partial charge is 0.337 e. The summed E-state index contributed by atoms with van der Waals surface area (Å²) in [5, 5.41) is 0. The number of alkyl halides is 1. The monoisotopic (exact) mass is 301 g/mol. The SMILES string of the molecule is CCCCN(C(=S)C(C)(C)F)C1=CC(C)=C(F)CC1C. The van der Waals surface area contributed by atoms with E-state index in [0.717, 1.165) is 18.5 Å². The van der Waals surface area contributed by atoms with Crippen molar-refractivity contribution in [2.24, 2.45) is 5.92 Å². The lowest BCUT2D eigenvalue weighted by Gasteiger charge is -2.36. The van der Waals surface area contributed by atoms with Crippen LogP contribution in [-0.4, -0.2) is 22.1 Å². The molecule has 0 spiro atoms. The van der Waals surface area contributed by atoms with Crippen LogP contribution in [0.25, 0.3) is 0 Å². The molecule has 0 radical (unpaired) electrons. The third-order valence-electron chi connectivity index (χ3n) is 3.58. The summed E-state index contributed by atoms with van der Waals surface area (Å²) in [6.45, 7) is 9.45. The van der Waals surface area contributed by atoms with Crippen LogP contribution < -0.4 is 0 Å². The van der Waals surface area contributed by atoms with Crippen LogP contribution in [0.3, 0.4) is 0 Å². The molecule has 1 aliphatic carbocycles. The second-order valence-electron chi connectivity index (χ2n) is 6.05. The zero-order chi connectivity index (χ0) is 15.5. The van der Waals surface area contributed by atoms with Crippen molar-refractivity contribution in [3.8, 4) is 0 Å². The van der Waals surface area contributed by atoms with Crippen molar-refractivity contribution >= 4 is 17.2 Å². The van der Waals surface area contributed by atoms with Crippen molar-refractivity contribution in [1.29, 1.82) is 0 Å². The highest BCUT2D eigenvalue weighted by molar-refractivity contribution is 7.80. The van der Waals surface area contributed by atoms with Gasteiger partial charge in [-0.1, -0.05) is 32.5 Å². The van der Waals surface area contributed by atoms with Gasteiger partial charge < -0.3 is 4.90 Å². The van der Waals surface area contributed by atoms with E-state index in [2.05, 4.69) is 6.92 Å². The smallest absolute Gasteiger partial charge is 0.155 e. The average molecular weight is 301 g/mol. The van der Waals surface area contributed by atoms with Gasteiger partial charge in [0.2, 0.25) is 0 Å². The fraction of sp³-hybridized carbons (Fsp3) is 0.688. The van der Waals surface area contributed by atoms with Gasteiger partial charge in [-0.3, -0.25) is 0 Å². The van der Waals surface area contributed by atoms with Crippen LogP contribution in [-0.2, 0) is 0 Å². The molecule has 0 amide bonds. The number of hydrogen-bond acceptors (Lipinski definition) is 1. The molecule has 1 atom stereocenters. The van der Waals surface area contributed by atoms with E-state index < -0.39 is 5.67 Å². The first kappa shape index (κ1) is 17.3. The molecular weight excluding hydrogens is 276 g/mol. The van der Waals surface area contributed by atoms with Crippen molar-refractivity contribution in [2.75, 3.05) is 6.54 Å². The van der Waals surface area contributed by atoms with E-state index in [0.29, 0.717) is 23.5 Å². The molecule has 0 aromatic heterocycles. The fourth-order valence-electron chi connectivity index (χ4n) is 2.31. The van der Waals surface area contributed by atoms with Crippen LogP contribution in [0.5, 0.6) is 0 Å². The highest BCUT2D eigenvalue weighted by atomic mass is 32.1. The molecule has 1 aliphatic rings. The molecule has 4 heteroatoms. The molecule has 1 rings (SSSR count). The molecule has 0 aromatic rings. The molecule has 0 heterocycles. The van der Waals surface area contributed by atoms with Crippen LogP contribution in [0.1, 0.15) is 53.9 Å². The summed E-state index contributed by atoms with van der Waals surface area (Å²) in [4.78, 5) is 2.17. The molecule has 1 nitrogen and oxygen atoms in total. The number of thiocarbonyl (C=S) groups is 1. The van der Waals surface area contributed by atoms with Gasteiger partial charge in [0.25, 0.3) is 0 Å².